The molecule has 0 aliphatic carbocycles. The highest BCUT2D eigenvalue weighted by Crippen LogP contribution is 2.38. The van der Waals surface area contributed by atoms with Crippen LogP contribution in [0.15, 0.2) is 88.8 Å². The number of thioether (sulfide) groups is 1. The topological polar surface area (TPSA) is 74.1 Å². The number of para-hydroxylation sites is 1. The van der Waals surface area contributed by atoms with Gasteiger partial charge in [0.05, 0.1) is 10.9 Å². The van der Waals surface area contributed by atoms with Crippen molar-refractivity contribution in [1.82, 2.24) is 4.90 Å². The van der Waals surface area contributed by atoms with E-state index in [-0.39, 0.29) is 11.8 Å². The summed E-state index contributed by atoms with van der Waals surface area (Å²) in [5, 5.41) is 3.04. The number of aliphatic imine (C=N–C) groups is 2. The van der Waals surface area contributed by atoms with Gasteiger partial charge in [-0.1, -0.05) is 78.8 Å². The van der Waals surface area contributed by atoms with Crippen LogP contribution in [0.1, 0.15) is 36.1 Å². The summed E-state index contributed by atoms with van der Waals surface area (Å²) < 4.78 is 0. The molecule has 1 N–H and O–H groups in total. The van der Waals surface area contributed by atoms with E-state index in [1.54, 1.807) is 4.90 Å². The predicted octanol–water partition coefficient (Wildman–Crippen LogP) is 5.48. The first-order valence-corrected chi connectivity index (χ1v) is 12.1. The molecule has 0 bridgehead atoms. The van der Waals surface area contributed by atoms with E-state index in [4.69, 9.17) is 9.98 Å². The summed E-state index contributed by atoms with van der Waals surface area (Å²) in [6.07, 6.45) is 0.583. The lowest BCUT2D eigenvalue weighted by molar-refractivity contribution is -0.124. The molecule has 2 heterocycles. The number of carbonyl (C=O) groups excluding carboxylic acids is 2. The maximum Gasteiger partial charge on any atom is 0.263 e. The number of aryl methyl sites for hydroxylation is 1. The molecule has 2 aliphatic heterocycles. The standard InChI is InChI=1S/C27H24N4O2S/c1-3-22(25(32)28-19-15-13-17(2)14-16-19)34-27-29-21-12-8-7-11-20(21)24-30-23(26(33)31(24)27)18-9-5-4-6-10-18/h4-16,22-23H,3H2,1-2H3,(H,28,32)/t22-,23+/m0/s1. The van der Waals surface area contributed by atoms with Crippen molar-refractivity contribution >= 4 is 46.0 Å². The molecule has 0 radical (unpaired) electrons. The van der Waals surface area contributed by atoms with E-state index in [1.165, 1.54) is 11.8 Å². The number of nitrogens with one attached hydrogen (secondary N) is 1. The molecule has 3 aromatic rings. The van der Waals surface area contributed by atoms with Gasteiger partial charge in [-0.25, -0.2) is 14.9 Å². The zero-order valence-corrected chi connectivity index (χ0v) is 19.8. The monoisotopic (exact) mass is 468 g/mol. The molecule has 3 aromatic carbocycles. The molecule has 2 atom stereocenters. The van der Waals surface area contributed by atoms with Gasteiger partial charge in [-0.05, 0) is 43.2 Å². The van der Waals surface area contributed by atoms with Gasteiger partial charge < -0.3 is 5.32 Å². The second kappa shape index (κ2) is 9.27. The maximum absolute atomic E-state index is 13.5. The second-order valence-corrected chi connectivity index (χ2v) is 9.39. The van der Waals surface area contributed by atoms with Gasteiger partial charge in [-0.2, -0.15) is 0 Å². The Morgan fingerprint density at radius 1 is 1.03 bits per heavy atom. The van der Waals surface area contributed by atoms with Gasteiger partial charge in [0.1, 0.15) is 5.84 Å². The van der Waals surface area contributed by atoms with Gasteiger partial charge >= 0.3 is 0 Å². The average molecular weight is 469 g/mol. The van der Waals surface area contributed by atoms with Gasteiger partial charge in [0, 0.05) is 11.3 Å². The minimum absolute atomic E-state index is 0.123. The largest absolute Gasteiger partial charge is 0.325 e. The van der Waals surface area contributed by atoms with Gasteiger partial charge in [0.15, 0.2) is 11.2 Å². The quantitative estimate of drug-likeness (QED) is 0.539. The van der Waals surface area contributed by atoms with Gasteiger partial charge in [0.25, 0.3) is 5.91 Å². The molecule has 0 unspecified atom stereocenters. The van der Waals surface area contributed by atoms with E-state index in [0.29, 0.717) is 17.4 Å². The molecular weight excluding hydrogens is 444 g/mol. The van der Waals surface area contributed by atoms with Crippen LogP contribution in [0, 0.1) is 6.92 Å². The van der Waals surface area contributed by atoms with Gasteiger partial charge in [-0.15, -0.1) is 0 Å². The number of anilines is 1. The highest BCUT2D eigenvalue weighted by atomic mass is 32.2. The fourth-order valence-corrected chi connectivity index (χ4v) is 5.01. The summed E-state index contributed by atoms with van der Waals surface area (Å²) in [5.41, 5.74) is 4.27. The molecule has 5 rings (SSSR count). The number of rotatable bonds is 5. The highest BCUT2D eigenvalue weighted by Gasteiger charge is 2.43. The summed E-state index contributed by atoms with van der Waals surface area (Å²) in [6, 6.07) is 24.3. The zero-order chi connectivity index (χ0) is 23.7. The van der Waals surface area contributed by atoms with Crippen LogP contribution in [0.25, 0.3) is 0 Å². The third-order valence-corrected chi connectivity index (χ3v) is 7.13. The first-order chi connectivity index (χ1) is 16.5. The summed E-state index contributed by atoms with van der Waals surface area (Å²) in [4.78, 5) is 37.8. The molecular formula is C27H24N4O2S. The fraction of sp³-hybridized carbons (Fsp3) is 0.185. The van der Waals surface area contributed by atoms with Crippen molar-refractivity contribution in [1.29, 1.82) is 0 Å². The van der Waals surface area contributed by atoms with Crippen molar-refractivity contribution in [2.45, 2.75) is 31.6 Å². The van der Waals surface area contributed by atoms with Crippen molar-refractivity contribution in [2.24, 2.45) is 9.98 Å². The first-order valence-electron chi connectivity index (χ1n) is 11.2. The Hall–Kier alpha value is -3.71. The Morgan fingerprint density at radius 2 is 1.74 bits per heavy atom. The number of fused-ring (bicyclic) bond motifs is 3. The molecule has 0 aromatic heterocycles. The number of hydrogen-bond donors (Lipinski definition) is 1. The van der Waals surface area contributed by atoms with E-state index >= 15 is 0 Å². The Balaban J connectivity index is 1.45. The molecule has 0 saturated carbocycles. The minimum Gasteiger partial charge on any atom is -0.325 e. The second-order valence-electron chi connectivity index (χ2n) is 8.22. The number of nitrogens with zero attached hydrogens (tertiary/aromatic N) is 3. The smallest absolute Gasteiger partial charge is 0.263 e. The van der Waals surface area contributed by atoms with Crippen LogP contribution in [0.2, 0.25) is 0 Å². The summed E-state index contributed by atoms with van der Waals surface area (Å²) in [5.74, 6) is 0.305. The minimum atomic E-state index is -0.630. The van der Waals surface area contributed by atoms with E-state index in [9.17, 15) is 9.59 Å². The Labute approximate surface area is 202 Å². The number of hydrogen-bond acceptors (Lipinski definition) is 5. The average Bonchev–Trinajstić information content (AvgIpc) is 3.22. The van der Waals surface area contributed by atoms with Crippen molar-refractivity contribution < 1.29 is 9.59 Å². The van der Waals surface area contributed by atoms with Crippen LogP contribution in [0.5, 0.6) is 0 Å². The maximum atomic E-state index is 13.5. The molecule has 34 heavy (non-hydrogen) atoms. The number of amides is 2. The van der Waals surface area contributed by atoms with Crippen molar-refractivity contribution in [2.75, 3.05) is 5.32 Å². The molecule has 2 amide bonds. The Kier molecular flexibility index (Phi) is 6.02. The Bertz CT molecular complexity index is 1300. The van der Waals surface area contributed by atoms with Crippen LogP contribution >= 0.6 is 11.8 Å². The number of carbonyl (C=O) groups is 2. The number of benzene rings is 3. The van der Waals surface area contributed by atoms with Crippen LogP contribution < -0.4 is 5.32 Å². The zero-order valence-electron chi connectivity index (χ0n) is 18.9. The SMILES string of the molecule is CC[C@H](SC1=Nc2ccccc2C2=N[C@H](c3ccccc3)C(=O)N12)C(=O)Nc1ccc(C)cc1. The van der Waals surface area contributed by atoms with Crippen LogP contribution in [0.4, 0.5) is 11.4 Å². The Morgan fingerprint density at radius 3 is 2.47 bits per heavy atom. The third kappa shape index (κ3) is 4.15. The lowest BCUT2D eigenvalue weighted by Gasteiger charge is -2.27. The van der Waals surface area contributed by atoms with Crippen LogP contribution in [-0.4, -0.2) is 33.0 Å². The molecule has 0 saturated heterocycles. The van der Waals surface area contributed by atoms with E-state index in [2.05, 4.69) is 5.32 Å². The normalized spacial score (nSPS) is 17.4. The van der Waals surface area contributed by atoms with E-state index in [0.717, 1.165) is 28.1 Å². The van der Waals surface area contributed by atoms with Crippen LogP contribution in [0.3, 0.4) is 0 Å². The fourth-order valence-electron chi connectivity index (χ4n) is 3.99. The van der Waals surface area contributed by atoms with E-state index < -0.39 is 11.3 Å². The molecule has 170 valence electrons. The van der Waals surface area contributed by atoms with E-state index in [1.807, 2.05) is 92.7 Å². The molecule has 0 spiro atoms. The summed E-state index contributed by atoms with van der Waals surface area (Å²) in [6.45, 7) is 3.96. The van der Waals surface area contributed by atoms with Gasteiger partial charge in [0.2, 0.25) is 5.91 Å². The van der Waals surface area contributed by atoms with Crippen molar-refractivity contribution in [3.05, 3.63) is 95.6 Å². The highest BCUT2D eigenvalue weighted by molar-refractivity contribution is 8.15. The summed E-state index contributed by atoms with van der Waals surface area (Å²) >= 11 is 1.30. The predicted molar refractivity (Wildman–Crippen MR) is 138 cm³/mol. The van der Waals surface area contributed by atoms with Crippen molar-refractivity contribution in [3.63, 3.8) is 0 Å². The number of amidine groups is 2. The molecule has 2 aliphatic rings. The first kappa shape index (κ1) is 22.1. The molecule has 0 fully saturated rings. The molecule has 6 nitrogen and oxygen atoms in total. The van der Waals surface area contributed by atoms with Crippen molar-refractivity contribution in [3.8, 4) is 0 Å². The lowest BCUT2D eigenvalue weighted by Crippen LogP contribution is -2.41. The van der Waals surface area contributed by atoms with Gasteiger partial charge in [-0.3, -0.25) is 9.59 Å². The lowest BCUT2D eigenvalue weighted by atomic mass is 10.1. The summed E-state index contributed by atoms with van der Waals surface area (Å²) in [7, 11) is 0. The molecule has 7 heteroatoms. The van der Waals surface area contributed by atoms with Crippen LogP contribution in [-0.2, 0) is 9.59 Å². The third-order valence-electron chi connectivity index (χ3n) is 5.82.